The maximum absolute atomic E-state index is 13.4. The first-order valence-corrected chi connectivity index (χ1v) is 12.9. The van der Waals surface area contributed by atoms with Gasteiger partial charge in [-0.05, 0) is 48.7 Å². The summed E-state index contributed by atoms with van der Waals surface area (Å²) in [6, 6.07) is 17.6. The Bertz CT molecular complexity index is 1360. The number of fused-ring (bicyclic) bond motifs is 2. The minimum absolute atomic E-state index is 0.0427. The van der Waals surface area contributed by atoms with Gasteiger partial charge in [0.05, 0.1) is 36.8 Å². The predicted molar refractivity (Wildman–Crippen MR) is 134 cm³/mol. The Morgan fingerprint density at radius 2 is 1.89 bits per heavy atom. The molecule has 1 fully saturated rings. The van der Waals surface area contributed by atoms with Crippen LogP contribution in [0.2, 0.25) is 0 Å². The van der Waals surface area contributed by atoms with Gasteiger partial charge in [-0.3, -0.25) is 4.79 Å². The van der Waals surface area contributed by atoms with Gasteiger partial charge >= 0.3 is 0 Å². The number of aromatic nitrogens is 2. The fourth-order valence-electron chi connectivity index (χ4n) is 4.69. The molecule has 2 aliphatic heterocycles. The topological polar surface area (TPSA) is 77.7 Å². The number of para-hydroxylation sites is 1. The van der Waals surface area contributed by atoms with Crippen molar-refractivity contribution in [2.45, 2.75) is 30.3 Å². The zero-order valence-electron chi connectivity index (χ0n) is 19.2. The van der Waals surface area contributed by atoms with E-state index < -0.39 is 0 Å². The predicted octanol–water partition coefficient (Wildman–Crippen LogP) is 5.51. The Balaban J connectivity index is 1.22. The second kappa shape index (κ2) is 9.62. The van der Waals surface area contributed by atoms with E-state index in [2.05, 4.69) is 11.1 Å². The highest BCUT2D eigenvalue weighted by Crippen LogP contribution is 2.38. The van der Waals surface area contributed by atoms with Gasteiger partial charge in [-0.25, -0.2) is 9.97 Å². The molecule has 178 valence electrons. The van der Waals surface area contributed by atoms with Crippen LogP contribution in [-0.2, 0) is 4.79 Å². The Morgan fingerprint density at radius 3 is 2.77 bits per heavy atom. The number of nitrogens with zero attached hydrogens (tertiary/aromatic N) is 3. The average Bonchev–Trinajstić information content (AvgIpc) is 3.56. The monoisotopic (exact) mass is 487 g/mol. The summed E-state index contributed by atoms with van der Waals surface area (Å²) in [4.78, 5) is 24.7. The summed E-state index contributed by atoms with van der Waals surface area (Å²) in [6.07, 6.45) is 4.40. The van der Waals surface area contributed by atoms with Gasteiger partial charge < -0.3 is 18.8 Å². The first-order chi connectivity index (χ1) is 17.3. The molecule has 0 radical (unpaired) electrons. The summed E-state index contributed by atoms with van der Waals surface area (Å²) in [5.41, 5.74) is 1.92. The van der Waals surface area contributed by atoms with Crippen molar-refractivity contribution in [3.8, 4) is 23.1 Å². The van der Waals surface area contributed by atoms with Crippen LogP contribution in [0.25, 0.3) is 22.5 Å². The zero-order chi connectivity index (χ0) is 23.6. The van der Waals surface area contributed by atoms with Crippen LogP contribution in [0.15, 0.2) is 70.3 Å². The Labute approximate surface area is 207 Å². The van der Waals surface area contributed by atoms with E-state index in [4.69, 9.17) is 18.9 Å². The highest BCUT2D eigenvalue weighted by atomic mass is 32.2. The summed E-state index contributed by atoms with van der Waals surface area (Å²) in [5.74, 6) is 3.09. The van der Waals surface area contributed by atoms with Crippen molar-refractivity contribution in [2.24, 2.45) is 0 Å². The minimum atomic E-state index is 0.0427. The number of likely N-dealkylation sites (tertiary alicyclic amines) is 1. The van der Waals surface area contributed by atoms with Crippen molar-refractivity contribution in [2.75, 3.05) is 25.5 Å². The van der Waals surface area contributed by atoms with Crippen LogP contribution >= 0.6 is 11.8 Å². The highest BCUT2D eigenvalue weighted by molar-refractivity contribution is 8.00. The molecule has 8 heteroatoms. The van der Waals surface area contributed by atoms with Crippen molar-refractivity contribution in [1.29, 1.82) is 0 Å². The molecule has 0 bridgehead atoms. The second-order valence-electron chi connectivity index (χ2n) is 8.64. The molecule has 2 aromatic heterocycles. The Hall–Kier alpha value is -3.52. The minimum Gasteiger partial charge on any atom is -0.490 e. The van der Waals surface area contributed by atoms with E-state index in [-0.39, 0.29) is 11.9 Å². The molecule has 1 saturated heterocycles. The molecule has 0 N–H and O–H groups in total. The van der Waals surface area contributed by atoms with Crippen molar-refractivity contribution < 1.29 is 18.7 Å². The maximum Gasteiger partial charge on any atom is 0.233 e. The van der Waals surface area contributed by atoms with E-state index in [9.17, 15) is 4.79 Å². The molecule has 1 amide bonds. The van der Waals surface area contributed by atoms with Gasteiger partial charge in [0, 0.05) is 18.4 Å². The van der Waals surface area contributed by atoms with Crippen LogP contribution in [0.4, 0.5) is 0 Å². The lowest BCUT2D eigenvalue weighted by Gasteiger charge is -2.25. The Morgan fingerprint density at radius 1 is 1.00 bits per heavy atom. The number of carbonyl (C=O) groups is 1. The van der Waals surface area contributed by atoms with Crippen LogP contribution in [0.3, 0.4) is 0 Å². The number of hydrogen-bond acceptors (Lipinski definition) is 7. The quantitative estimate of drug-likeness (QED) is 0.271. The molecular weight excluding hydrogens is 462 g/mol. The highest BCUT2D eigenvalue weighted by Gasteiger charge is 2.31. The number of rotatable bonds is 5. The summed E-state index contributed by atoms with van der Waals surface area (Å²) in [6.45, 7) is 2.06. The Kier molecular flexibility index (Phi) is 6.04. The zero-order valence-corrected chi connectivity index (χ0v) is 20.0. The van der Waals surface area contributed by atoms with Gasteiger partial charge in [0.25, 0.3) is 0 Å². The SMILES string of the molecule is O=C(CSc1nc(-c2ccco2)nc2ccccc12)N1CCCC1c1ccc2c(c1)OCCCO2. The number of thioether (sulfide) groups is 1. The average molecular weight is 488 g/mol. The molecule has 0 aliphatic carbocycles. The fraction of sp³-hybridized carbons (Fsp3) is 0.296. The number of benzene rings is 2. The molecular formula is C27H25N3O4S. The van der Waals surface area contributed by atoms with Crippen LogP contribution in [-0.4, -0.2) is 46.3 Å². The molecule has 6 rings (SSSR count). The van der Waals surface area contributed by atoms with Gasteiger partial charge in [0.1, 0.15) is 5.03 Å². The molecule has 0 spiro atoms. The number of carbonyl (C=O) groups excluding carboxylic acids is 1. The lowest BCUT2D eigenvalue weighted by Crippen LogP contribution is -2.32. The van der Waals surface area contributed by atoms with Crippen molar-refractivity contribution in [3.05, 3.63) is 66.4 Å². The molecule has 1 unspecified atom stereocenters. The van der Waals surface area contributed by atoms with Gasteiger partial charge in [-0.2, -0.15) is 0 Å². The van der Waals surface area contributed by atoms with Crippen LogP contribution < -0.4 is 9.47 Å². The fourth-order valence-corrected chi connectivity index (χ4v) is 5.59. The van der Waals surface area contributed by atoms with Crippen molar-refractivity contribution in [1.82, 2.24) is 14.9 Å². The molecule has 7 nitrogen and oxygen atoms in total. The normalized spacial score (nSPS) is 17.5. The van der Waals surface area contributed by atoms with E-state index >= 15 is 0 Å². The van der Waals surface area contributed by atoms with Crippen molar-refractivity contribution in [3.63, 3.8) is 0 Å². The largest absolute Gasteiger partial charge is 0.490 e. The van der Waals surface area contributed by atoms with E-state index in [1.807, 2.05) is 53.4 Å². The number of hydrogen-bond donors (Lipinski definition) is 0. The first kappa shape index (κ1) is 22.0. The van der Waals surface area contributed by atoms with Crippen molar-refractivity contribution >= 4 is 28.6 Å². The van der Waals surface area contributed by atoms with E-state index in [1.54, 1.807) is 6.26 Å². The van der Waals surface area contributed by atoms with Gasteiger partial charge in [0.15, 0.2) is 23.1 Å². The molecule has 2 aliphatic rings. The summed E-state index contributed by atoms with van der Waals surface area (Å²) in [5, 5.41) is 1.71. The smallest absolute Gasteiger partial charge is 0.233 e. The van der Waals surface area contributed by atoms with Gasteiger partial charge in [-0.15, -0.1) is 0 Å². The van der Waals surface area contributed by atoms with Gasteiger partial charge in [0.2, 0.25) is 5.91 Å². The van der Waals surface area contributed by atoms with Crippen LogP contribution in [0.1, 0.15) is 30.9 Å². The third-order valence-electron chi connectivity index (χ3n) is 6.37. The molecule has 2 aromatic carbocycles. The lowest BCUT2D eigenvalue weighted by atomic mass is 10.0. The number of ether oxygens (including phenoxy) is 2. The van der Waals surface area contributed by atoms with E-state index in [0.717, 1.165) is 58.8 Å². The molecule has 0 saturated carbocycles. The lowest BCUT2D eigenvalue weighted by molar-refractivity contribution is -0.129. The number of amides is 1. The summed E-state index contributed by atoms with van der Waals surface area (Å²) < 4.78 is 17.2. The summed E-state index contributed by atoms with van der Waals surface area (Å²) >= 11 is 1.45. The molecule has 4 aromatic rings. The van der Waals surface area contributed by atoms with E-state index in [1.165, 1.54) is 11.8 Å². The van der Waals surface area contributed by atoms with Crippen LogP contribution in [0, 0.1) is 0 Å². The van der Waals surface area contributed by atoms with Gasteiger partial charge in [-0.1, -0.05) is 36.0 Å². The van der Waals surface area contributed by atoms with Crippen LogP contribution in [0.5, 0.6) is 11.5 Å². The molecule has 1 atom stereocenters. The summed E-state index contributed by atoms with van der Waals surface area (Å²) in [7, 11) is 0. The molecule has 4 heterocycles. The maximum atomic E-state index is 13.4. The van der Waals surface area contributed by atoms with E-state index in [0.29, 0.717) is 30.6 Å². The second-order valence-corrected chi connectivity index (χ2v) is 9.60. The number of furan rings is 1. The third kappa shape index (κ3) is 4.46. The third-order valence-corrected chi connectivity index (χ3v) is 7.35. The molecule has 35 heavy (non-hydrogen) atoms. The first-order valence-electron chi connectivity index (χ1n) is 11.9. The standard InChI is InChI=1S/C27H25N3O4S/c31-25(30-12-3-8-21(30)18-10-11-22-24(16-18)34-15-5-14-32-22)17-35-27-19-6-1-2-7-20(19)28-26(29-27)23-9-4-13-33-23/h1-2,4,6-7,9-11,13,16,21H,3,5,8,12,14-15,17H2.